The Hall–Kier alpha value is -2.50. The van der Waals surface area contributed by atoms with Crippen molar-refractivity contribution in [2.45, 2.75) is 6.92 Å². The van der Waals surface area contributed by atoms with Crippen molar-refractivity contribution in [2.24, 2.45) is 0 Å². The minimum absolute atomic E-state index is 0.0187. The molecule has 0 aliphatic carbocycles. The number of carbonyl (C=O) groups is 1. The van der Waals surface area contributed by atoms with E-state index in [4.69, 9.17) is 14.6 Å². The van der Waals surface area contributed by atoms with Gasteiger partial charge in [0.2, 0.25) is 6.79 Å². The average Bonchev–Trinajstić information content (AvgIpc) is 2.93. The number of carboxylic acids is 1. The number of carboxylic acid groups (broad SMARTS) is 1. The number of benzene rings is 1. The third-order valence-corrected chi connectivity index (χ3v) is 2.74. The molecule has 1 N–H and O–H groups in total. The second-order valence-corrected chi connectivity index (χ2v) is 3.89. The lowest BCUT2D eigenvalue weighted by molar-refractivity contribution is 0.0691. The van der Waals surface area contributed by atoms with Gasteiger partial charge >= 0.3 is 5.97 Å². The lowest BCUT2D eigenvalue weighted by Crippen LogP contribution is -1.96. The quantitative estimate of drug-likeness (QED) is 0.871. The zero-order valence-electron chi connectivity index (χ0n) is 9.58. The summed E-state index contributed by atoms with van der Waals surface area (Å²) in [6.07, 6.45) is 1.48. The number of aromatic nitrogens is 2. The van der Waals surface area contributed by atoms with Gasteiger partial charge in [-0.05, 0) is 19.1 Å². The summed E-state index contributed by atoms with van der Waals surface area (Å²) in [4.78, 5) is 14.8. The molecular weight excluding hydrogens is 236 g/mol. The maximum absolute atomic E-state index is 10.9. The summed E-state index contributed by atoms with van der Waals surface area (Å²) < 4.78 is 12.2. The Labute approximate surface area is 102 Å². The zero-order chi connectivity index (χ0) is 12.7. The molecule has 0 bridgehead atoms. The molecular formula is C12H10N2O4. The number of hydrogen-bond donors (Lipinski definition) is 1. The highest BCUT2D eigenvalue weighted by Crippen LogP contribution is 2.33. The van der Waals surface area contributed by atoms with Crippen molar-refractivity contribution in [1.82, 2.24) is 9.55 Å². The molecule has 0 spiro atoms. The molecule has 2 heterocycles. The standard InChI is InChI=1S/C12H10N2O4/c1-7-13-9(12(15)16)5-14(7)8-2-3-10-11(4-8)18-6-17-10/h2-5H,6H2,1H3,(H,15,16). The van der Waals surface area contributed by atoms with Crippen molar-refractivity contribution in [3.05, 3.63) is 35.9 Å². The SMILES string of the molecule is Cc1nc(C(=O)O)cn1-c1ccc2c(c1)OCO2. The molecule has 0 amide bonds. The van der Waals surface area contributed by atoms with Crippen molar-refractivity contribution in [3.63, 3.8) is 0 Å². The molecule has 6 nitrogen and oxygen atoms in total. The number of ether oxygens (including phenoxy) is 2. The largest absolute Gasteiger partial charge is 0.476 e. The summed E-state index contributed by atoms with van der Waals surface area (Å²) in [5.74, 6) is 0.899. The molecule has 0 fully saturated rings. The highest BCUT2D eigenvalue weighted by Gasteiger charge is 2.16. The van der Waals surface area contributed by atoms with Crippen LogP contribution in [0.1, 0.15) is 16.3 Å². The molecule has 0 saturated carbocycles. The monoisotopic (exact) mass is 246 g/mol. The van der Waals surface area contributed by atoms with Crippen molar-refractivity contribution < 1.29 is 19.4 Å². The Balaban J connectivity index is 2.07. The van der Waals surface area contributed by atoms with Crippen LogP contribution >= 0.6 is 0 Å². The first-order chi connectivity index (χ1) is 8.65. The van der Waals surface area contributed by atoms with E-state index in [1.807, 2.05) is 6.07 Å². The number of hydrogen-bond acceptors (Lipinski definition) is 4. The summed E-state index contributed by atoms with van der Waals surface area (Å²) in [6, 6.07) is 5.41. The van der Waals surface area contributed by atoms with Gasteiger partial charge in [0.15, 0.2) is 17.2 Å². The first-order valence-electron chi connectivity index (χ1n) is 5.34. The summed E-state index contributed by atoms with van der Waals surface area (Å²) >= 11 is 0. The van der Waals surface area contributed by atoms with Crippen LogP contribution in [-0.4, -0.2) is 27.4 Å². The van der Waals surface area contributed by atoms with Gasteiger partial charge in [0.05, 0.1) is 5.69 Å². The van der Waals surface area contributed by atoms with Gasteiger partial charge in [0, 0.05) is 12.3 Å². The highest BCUT2D eigenvalue weighted by atomic mass is 16.7. The van der Waals surface area contributed by atoms with Gasteiger partial charge in [-0.1, -0.05) is 0 Å². The number of fused-ring (bicyclic) bond motifs is 1. The lowest BCUT2D eigenvalue weighted by atomic mass is 10.2. The minimum atomic E-state index is -1.04. The van der Waals surface area contributed by atoms with Gasteiger partial charge in [0.25, 0.3) is 0 Å². The second-order valence-electron chi connectivity index (χ2n) is 3.89. The van der Waals surface area contributed by atoms with E-state index >= 15 is 0 Å². The molecule has 3 rings (SSSR count). The van der Waals surface area contributed by atoms with Gasteiger partial charge < -0.3 is 19.1 Å². The third-order valence-electron chi connectivity index (χ3n) is 2.74. The molecule has 2 aromatic rings. The smallest absolute Gasteiger partial charge is 0.356 e. The number of imidazole rings is 1. The van der Waals surface area contributed by atoms with Crippen LogP contribution < -0.4 is 9.47 Å². The lowest BCUT2D eigenvalue weighted by Gasteiger charge is -2.05. The van der Waals surface area contributed by atoms with Crippen LogP contribution in [0.25, 0.3) is 5.69 Å². The molecule has 0 unspecified atom stereocenters. The van der Waals surface area contributed by atoms with E-state index in [1.54, 1.807) is 23.6 Å². The molecule has 0 atom stereocenters. The first kappa shape index (κ1) is 10.6. The predicted octanol–water partition coefficient (Wildman–Crippen LogP) is 1.61. The van der Waals surface area contributed by atoms with Gasteiger partial charge in [-0.2, -0.15) is 0 Å². The van der Waals surface area contributed by atoms with Crippen molar-refractivity contribution in [3.8, 4) is 17.2 Å². The van der Waals surface area contributed by atoms with Gasteiger partial charge in [-0.3, -0.25) is 0 Å². The topological polar surface area (TPSA) is 73.6 Å². The van der Waals surface area contributed by atoms with Crippen LogP contribution in [0.3, 0.4) is 0 Å². The minimum Gasteiger partial charge on any atom is -0.476 e. The number of nitrogens with zero attached hydrogens (tertiary/aromatic N) is 2. The summed E-state index contributed by atoms with van der Waals surface area (Å²) in [7, 11) is 0. The molecule has 1 aliphatic rings. The van der Waals surface area contributed by atoms with Crippen LogP contribution in [0, 0.1) is 6.92 Å². The third kappa shape index (κ3) is 1.58. The van der Waals surface area contributed by atoms with Crippen LogP contribution in [0.5, 0.6) is 11.5 Å². The van der Waals surface area contributed by atoms with E-state index in [-0.39, 0.29) is 12.5 Å². The van der Waals surface area contributed by atoms with Crippen molar-refractivity contribution in [1.29, 1.82) is 0 Å². The Morgan fingerprint density at radius 2 is 2.17 bits per heavy atom. The molecule has 0 radical (unpaired) electrons. The Morgan fingerprint density at radius 3 is 2.89 bits per heavy atom. The zero-order valence-corrected chi connectivity index (χ0v) is 9.58. The van der Waals surface area contributed by atoms with Gasteiger partial charge in [-0.25, -0.2) is 9.78 Å². The fourth-order valence-electron chi connectivity index (χ4n) is 1.87. The van der Waals surface area contributed by atoms with Crippen molar-refractivity contribution in [2.75, 3.05) is 6.79 Å². The Bertz CT molecular complexity index is 633. The van der Waals surface area contributed by atoms with E-state index < -0.39 is 5.97 Å². The van der Waals surface area contributed by atoms with Crippen LogP contribution in [0.4, 0.5) is 0 Å². The van der Waals surface area contributed by atoms with Crippen LogP contribution in [0.15, 0.2) is 24.4 Å². The highest BCUT2D eigenvalue weighted by molar-refractivity contribution is 5.85. The summed E-state index contributed by atoms with van der Waals surface area (Å²) in [6.45, 7) is 1.96. The van der Waals surface area contributed by atoms with E-state index in [2.05, 4.69) is 4.98 Å². The van der Waals surface area contributed by atoms with E-state index in [1.165, 1.54) is 6.20 Å². The maximum atomic E-state index is 10.9. The molecule has 6 heteroatoms. The first-order valence-corrected chi connectivity index (χ1v) is 5.34. The molecule has 0 saturated heterocycles. The van der Waals surface area contributed by atoms with Crippen LogP contribution in [0.2, 0.25) is 0 Å². The molecule has 1 aromatic heterocycles. The number of aromatic carboxylic acids is 1. The predicted molar refractivity (Wildman–Crippen MR) is 61.4 cm³/mol. The van der Waals surface area contributed by atoms with Gasteiger partial charge in [0.1, 0.15) is 5.82 Å². The number of aryl methyl sites for hydroxylation is 1. The molecule has 1 aliphatic heterocycles. The second kappa shape index (κ2) is 3.76. The Kier molecular flexibility index (Phi) is 2.22. The fraction of sp³-hybridized carbons (Fsp3) is 0.167. The maximum Gasteiger partial charge on any atom is 0.356 e. The van der Waals surface area contributed by atoms with E-state index in [0.717, 1.165) is 5.69 Å². The number of rotatable bonds is 2. The summed E-state index contributed by atoms with van der Waals surface area (Å²) in [5.41, 5.74) is 0.807. The van der Waals surface area contributed by atoms with E-state index in [0.29, 0.717) is 17.3 Å². The average molecular weight is 246 g/mol. The van der Waals surface area contributed by atoms with Crippen molar-refractivity contribution >= 4 is 5.97 Å². The molecule has 18 heavy (non-hydrogen) atoms. The van der Waals surface area contributed by atoms with Crippen LogP contribution in [-0.2, 0) is 0 Å². The fourth-order valence-corrected chi connectivity index (χ4v) is 1.87. The normalized spacial score (nSPS) is 12.7. The Morgan fingerprint density at radius 1 is 1.39 bits per heavy atom. The molecule has 1 aromatic carbocycles. The summed E-state index contributed by atoms with van der Waals surface area (Å²) in [5, 5.41) is 8.90. The molecule has 92 valence electrons. The van der Waals surface area contributed by atoms with E-state index in [9.17, 15) is 4.79 Å². The van der Waals surface area contributed by atoms with Gasteiger partial charge in [-0.15, -0.1) is 0 Å².